The largest absolute Gasteiger partial charge is 0.385 e. The van der Waals surface area contributed by atoms with E-state index in [9.17, 15) is 17.2 Å². The number of sulfone groups is 1. The molecule has 0 aliphatic heterocycles. The summed E-state index contributed by atoms with van der Waals surface area (Å²) in [5, 5.41) is 3.15. The van der Waals surface area contributed by atoms with Crippen LogP contribution in [0.1, 0.15) is 19.8 Å². The van der Waals surface area contributed by atoms with Gasteiger partial charge in [-0.2, -0.15) is 8.78 Å². The highest BCUT2D eigenvalue weighted by atomic mass is 32.2. The molecule has 0 fully saturated rings. The molecule has 0 aliphatic rings. The Morgan fingerprint density at radius 3 is 2.30 bits per heavy atom. The van der Waals surface area contributed by atoms with E-state index >= 15 is 0 Å². The second-order valence-corrected chi connectivity index (χ2v) is 6.48. The number of anilines is 1. The fourth-order valence-corrected chi connectivity index (χ4v) is 2.53. The third kappa shape index (κ3) is 4.42. The zero-order valence-corrected chi connectivity index (χ0v) is 12.2. The van der Waals surface area contributed by atoms with E-state index in [1.807, 2.05) is 0 Å². The van der Waals surface area contributed by atoms with Gasteiger partial charge in [0.05, 0.1) is 4.90 Å². The molecule has 1 aromatic carbocycles. The van der Waals surface area contributed by atoms with Crippen molar-refractivity contribution in [1.29, 1.82) is 0 Å². The van der Waals surface area contributed by atoms with Crippen molar-refractivity contribution in [2.45, 2.75) is 30.4 Å². The van der Waals surface area contributed by atoms with Gasteiger partial charge in [-0.3, -0.25) is 0 Å². The van der Waals surface area contributed by atoms with Crippen LogP contribution in [-0.4, -0.2) is 27.3 Å². The summed E-state index contributed by atoms with van der Waals surface area (Å²) in [7, 11) is -4.52. The molecule has 0 saturated carbocycles. The summed E-state index contributed by atoms with van der Waals surface area (Å²) < 4.78 is 47.2. The SMILES string of the molecule is CCC(CCN)CNc1ccc(S(=O)(=O)C(F)F)cc1. The van der Waals surface area contributed by atoms with E-state index < -0.39 is 15.6 Å². The predicted octanol–water partition coefficient (Wildman–Crippen LogP) is 2.47. The van der Waals surface area contributed by atoms with Crippen LogP contribution in [0.25, 0.3) is 0 Å². The molecule has 0 amide bonds. The lowest BCUT2D eigenvalue weighted by atomic mass is 10.0. The zero-order chi connectivity index (χ0) is 15.2. The second-order valence-electron chi connectivity index (χ2n) is 4.56. The summed E-state index contributed by atoms with van der Waals surface area (Å²) in [5.74, 6) is -2.96. The van der Waals surface area contributed by atoms with Crippen LogP contribution in [0.3, 0.4) is 0 Å². The van der Waals surface area contributed by atoms with Crippen molar-refractivity contribution in [3.8, 4) is 0 Å². The molecular formula is C13H20F2N2O2S. The van der Waals surface area contributed by atoms with E-state index in [1.54, 1.807) is 0 Å². The van der Waals surface area contributed by atoms with Crippen LogP contribution in [-0.2, 0) is 9.84 Å². The van der Waals surface area contributed by atoms with E-state index in [1.165, 1.54) is 24.3 Å². The lowest BCUT2D eigenvalue weighted by Crippen LogP contribution is -2.17. The Bertz CT molecular complexity index is 504. The Labute approximate surface area is 118 Å². The van der Waals surface area contributed by atoms with E-state index in [2.05, 4.69) is 12.2 Å². The highest BCUT2D eigenvalue weighted by molar-refractivity contribution is 7.91. The number of halogens is 2. The van der Waals surface area contributed by atoms with Crippen LogP contribution < -0.4 is 11.1 Å². The number of rotatable bonds is 8. The van der Waals surface area contributed by atoms with Gasteiger partial charge in [0, 0.05) is 12.2 Å². The third-order valence-corrected chi connectivity index (χ3v) is 4.56. The molecule has 0 aromatic heterocycles. The number of nitrogens with one attached hydrogen (secondary N) is 1. The molecule has 1 atom stereocenters. The van der Waals surface area contributed by atoms with Gasteiger partial charge in [-0.15, -0.1) is 0 Å². The fourth-order valence-electron chi connectivity index (χ4n) is 1.81. The molecule has 4 nitrogen and oxygen atoms in total. The maximum Gasteiger partial charge on any atom is 0.341 e. The molecule has 0 heterocycles. The molecule has 0 saturated heterocycles. The molecule has 20 heavy (non-hydrogen) atoms. The van der Waals surface area contributed by atoms with Crippen LogP contribution >= 0.6 is 0 Å². The topological polar surface area (TPSA) is 72.2 Å². The van der Waals surface area contributed by atoms with Crippen LogP contribution in [0.4, 0.5) is 14.5 Å². The van der Waals surface area contributed by atoms with Gasteiger partial charge in [0.25, 0.3) is 0 Å². The quantitative estimate of drug-likeness (QED) is 0.774. The van der Waals surface area contributed by atoms with Crippen molar-refractivity contribution >= 4 is 15.5 Å². The molecule has 114 valence electrons. The van der Waals surface area contributed by atoms with Crippen molar-refractivity contribution in [2.75, 3.05) is 18.4 Å². The van der Waals surface area contributed by atoms with E-state index in [-0.39, 0.29) is 4.90 Å². The lowest BCUT2D eigenvalue weighted by Gasteiger charge is -2.15. The van der Waals surface area contributed by atoms with Gasteiger partial charge in [-0.1, -0.05) is 13.3 Å². The van der Waals surface area contributed by atoms with Crippen LogP contribution in [0, 0.1) is 5.92 Å². The predicted molar refractivity (Wildman–Crippen MR) is 75.6 cm³/mol. The van der Waals surface area contributed by atoms with Crippen molar-refractivity contribution in [1.82, 2.24) is 0 Å². The van der Waals surface area contributed by atoms with Crippen LogP contribution in [0.5, 0.6) is 0 Å². The Balaban J connectivity index is 2.68. The van der Waals surface area contributed by atoms with Gasteiger partial charge in [-0.05, 0) is 43.1 Å². The molecule has 0 bridgehead atoms. The first-order valence-corrected chi connectivity index (χ1v) is 8.02. The number of nitrogens with two attached hydrogens (primary N) is 1. The van der Waals surface area contributed by atoms with E-state index in [0.717, 1.165) is 12.8 Å². The summed E-state index contributed by atoms with van der Waals surface area (Å²) >= 11 is 0. The van der Waals surface area contributed by atoms with Crippen molar-refractivity contribution in [2.24, 2.45) is 11.7 Å². The molecule has 3 N–H and O–H groups in total. The maximum atomic E-state index is 12.4. The van der Waals surface area contributed by atoms with Gasteiger partial charge >= 0.3 is 5.76 Å². The number of benzene rings is 1. The zero-order valence-electron chi connectivity index (χ0n) is 11.4. The van der Waals surface area contributed by atoms with Crippen molar-refractivity contribution in [3.05, 3.63) is 24.3 Å². The number of alkyl halides is 2. The normalized spacial score (nSPS) is 13.4. The summed E-state index contributed by atoms with van der Waals surface area (Å²) in [6.45, 7) is 3.40. The van der Waals surface area contributed by atoms with Gasteiger partial charge < -0.3 is 11.1 Å². The first kappa shape index (κ1) is 16.8. The molecule has 1 unspecified atom stereocenters. The second kappa shape index (κ2) is 7.54. The minimum atomic E-state index is -4.52. The molecule has 1 aromatic rings. The highest BCUT2D eigenvalue weighted by Gasteiger charge is 2.26. The Morgan fingerprint density at radius 2 is 1.85 bits per heavy atom. The Hall–Kier alpha value is -1.21. The molecule has 0 radical (unpaired) electrons. The minimum Gasteiger partial charge on any atom is -0.385 e. The van der Waals surface area contributed by atoms with Gasteiger partial charge in [0.15, 0.2) is 0 Å². The third-order valence-electron chi connectivity index (χ3n) is 3.16. The first-order chi connectivity index (χ1) is 9.41. The summed E-state index contributed by atoms with van der Waals surface area (Å²) in [6, 6.07) is 5.36. The maximum absolute atomic E-state index is 12.4. The molecule has 7 heteroatoms. The minimum absolute atomic E-state index is 0.368. The average Bonchev–Trinajstić information content (AvgIpc) is 2.43. The van der Waals surface area contributed by atoms with Gasteiger partial charge in [-0.25, -0.2) is 8.42 Å². The van der Waals surface area contributed by atoms with Crippen molar-refractivity contribution < 1.29 is 17.2 Å². The smallest absolute Gasteiger partial charge is 0.341 e. The monoisotopic (exact) mass is 306 g/mol. The summed E-state index contributed by atoms with van der Waals surface area (Å²) in [6.07, 6.45) is 1.89. The number of hydrogen-bond acceptors (Lipinski definition) is 4. The van der Waals surface area contributed by atoms with Crippen LogP contribution in [0.15, 0.2) is 29.2 Å². The standard InChI is InChI=1S/C13H20F2N2O2S/c1-2-10(7-8-16)9-17-11-3-5-12(6-4-11)20(18,19)13(14)15/h3-6,10,13,17H,2,7-9,16H2,1H3. The molecule has 1 rings (SSSR count). The van der Waals surface area contributed by atoms with Crippen molar-refractivity contribution in [3.63, 3.8) is 0 Å². The van der Waals surface area contributed by atoms with E-state index in [0.29, 0.717) is 24.7 Å². The summed E-state index contributed by atoms with van der Waals surface area (Å²) in [5.41, 5.74) is 6.21. The lowest BCUT2D eigenvalue weighted by molar-refractivity contribution is 0.234. The van der Waals surface area contributed by atoms with E-state index in [4.69, 9.17) is 5.73 Å². The molecule has 0 spiro atoms. The average molecular weight is 306 g/mol. The summed E-state index contributed by atoms with van der Waals surface area (Å²) in [4.78, 5) is -0.368. The molecule has 0 aliphatic carbocycles. The Morgan fingerprint density at radius 1 is 1.25 bits per heavy atom. The van der Waals surface area contributed by atoms with Crippen LogP contribution in [0.2, 0.25) is 0 Å². The fraction of sp³-hybridized carbons (Fsp3) is 0.538. The molecular weight excluding hydrogens is 286 g/mol. The number of hydrogen-bond donors (Lipinski definition) is 2. The first-order valence-electron chi connectivity index (χ1n) is 6.47. The highest BCUT2D eigenvalue weighted by Crippen LogP contribution is 2.20. The van der Waals surface area contributed by atoms with Gasteiger partial charge in [0.2, 0.25) is 9.84 Å². The van der Waals surface area contributed by atoms with Gasteiger partial charge in [0.1, 0.15) is 0 Å². The Kier molecular flexibility index (Phi) is 6.35.